The molecule has 0 saturated heterocycles. The Hall–Kier alpha value is -2.63. The lowest BCUT2D eigenvalue weighted by Gasteiger charge is -2.14. The third-order valence-electron chi connectivity index (χ3n) is 7.44. The molecule has 0 fully saturated rings. The van der Waals surface area contributed by atoms with Gasteiger partial charge in [-0.1, -0.05) is 121 Å². The molecule has 6 heteroatoms. The van der Waals surface area contributed by atoms with Gasteiger partial charge in [0.2, 0.25) is 5.91 Å². The molecule has 1 atom stereocenters. The molecule has 0 bridgehead atoms. The van der Waals surface area contributed by atoms with Crippen molar-refractivity contribution in [3.8, 4) is 0 Å². The van der Waals surface area contributed by atoms with E-state index in [2.05, 4.69) is 67.8 Å². The molecule has 2 N–H and O–H groups in total. The minimum Gasteiger partial charge on any atom is -0.480 e. The van der Waals surface area contributed by atoms with Crippen LogP contribution in [0.25, 0.3) is 0 Å². The summed E-state index contributed by atoms with van der Waals surface area (Å²) >= 11 is 0. The van der Waals surface area contributed by atoms with Gasteiger partial charge in [-0.25, -0.2) is 0 Å². The molecule has 252 valence electrons. The van der Waals surface area contributed by atoms with Crippen LogP contribution in [0, 0.1) is 0 Å². The van der Waals surface area contributed by atoms with Crippen molar-refractivity contribution in [1.29, 1.82) is 0 Å². The number of aliphatic carboxylic acids is 1. The number of carboxylic acids is 1. The van der Waals surface area contributed by atoms with Gasteiger partial charge in [-0.05, 0) is 76.7 Å². The number of carboxylic acid groups (broad SMARTS) is 1. The molecule has 0 aromatic rings. The summed E-state index contributed by atoms with van der Waals surface area (Å²) in [4.78, 5) is 34.7. The molecule has 0 rings (SSSR count). The van der Waals surface area contributed by atoms with Gasteiger partial charge in [-0.3, -0.25) is 14.4 Å². The van der Waals surface area contributed by atoms with Crippen molar-refractivity contribution in [1.82, 2.24) is 5.32 Å². The summed E-state index contributed by atoms with van der Waals surface area (Å²) in [5.41, 5.74) is 0. The van der Waals surface area contributed by atoms with E-state index in [1.54, 1.807) is 0 Å². The van der Waals surface area contributed by atoms with Crippen LogP contribution in [0.4, 0.5) is 0 Å². The normalized spacial score (nSPS) is 12.6. The molecule has 0 aromatic carbocycles. The number of unbranched alkanes of at least 4 members (excludes halogenated alkanes) is 14. The zero-order chi connectivity index (χ0) is 32.4. The molecule has 0 aliphatic rings. The van der Waals surface area contributed by atoms with Gasteiger partial charge in [0.1, 0.15) is 12.6 Å². The largest absolute Gasteiger partial charge is 0.480 e. The first kappa shape index (κ1) is 41.4. The van der Waals surface area contributed by atoms with Crippen molar-refractivity contribution < 1.29 is 24.2 Å². The van der Waals surface area contributed by atoms with Crippen LogP contribution in [0.2, 0.25) is 0 Å². The van der Waals surface area contributed by atoms with Crippen LogP contribution in [-0.2, 0) is 19.1 Å². The van der Waals surface area contributed by atoms with E-state index >= 15 is 0 Å². The Morgan fingerprint density at radius 2 is 1.16 bits per heavy atom. The number of nitrogens with one attached hydrogen (secondary N) is 1. The highest BCUT2D eigenvalue weighted by Gasteiger charge is 2.11. The second-order valence-electron chi connectivity index (χ2n) is 11.8. The lowest BCUT2D eigenvalue weighted by atomic mass is 10.1. The number of amides is 1. The van der Waals surface area contributed by atoms with E-state index in [1.807, 2.05) is 0 Å². The fraction of sp³-hybridized carbons (Fsp3) is 0.711. The SMILES string of the molecule is CCC/C=C\C/C=C\CCCCCCCC(=O)OC(/C=C\C/C=C\CCCCC)CCCCCCCCC(=O)NCC(=O)O. The second kappa shape index (κ2) is 33.3. The quantitative estimate of drug-likeness (QED) is 0.0460. The number of allylic oxidation sites excluding steroid dienone is 7. The lowest BCUT2D eigenvalue weighted by Crippen LogP contribution is -2.28. The molecule has 0 radical (unpaired) electrons. The van der Waals surface area contributed by atoms with Crippen LogP contribution in [-0.4, -0.2) is 35.6 Å². The third kappa shape index (κ3) is 32.3. The number of ether oxygens (including phenoxy) is 1. The molecule has 0 spiro atoms. The Labute approximate surface area is 269 Å². The fourth-order valence-electron chi connectivity index (χ4n) is 4.79. The summed E-state index contributed by atoms with van der Waals surface area (Å²) in [6, 6.07) is 0. The highest BCUT2D eigenvalue weighted by Crippen LogP contribution is 2.15. The molecule has 0 heterocycles. The molecule has 44 heavy (non-hydrogen) atoms. The van der Waals surface area contributed by atoms with Gasteiger partial charge in [0.25, 0.3) is 0 Å². The number of esters is 1. The van der Waals surface area contributed by atoms with Crippen LogP contribution >= 0.6 is 0 Å². The molecule has 0 aromatic heterocycles. The smallest absolute Gasteiger partial charge is 0.322 e. The molecule has 6 nitrogen and oxygen atoms in total. The van der Waals surface area contributed by atoms with Gasteiger partial charge in [-0.2, -0.15) is 0 Å². The van der Waals surface area contributed by atoms with Crippen LogP contribution < -0.4 is 5.32 Å². The molecule has 0 saturated carbocycles. The van der Waals surface area contributed by atoms with E-state index in [0.717, 1.165) is 83.5 Å². The predicted octanol–water partition coefficient (Wildman–Crippen LogP) is 10.3. The van der Waals surface area contributed by atoms with Gasteiger partial charge in [0, 0.05) is 12.8 Å². The summed E-state index contributed by atoms with van der Waals surface area (Å²) in [5.74, 6) is -1.31. The summed E-state index contributed by atoms with van der Waals surface area (Å²) in [6.07, 6.45) is 41.0. The predicted molar refractivity (Wildman–Crippen MR) is 185 cm³/mol. The van der Waals surface area contributed by atoms with Crippen molar-refractivity contribution in [3.63, 3.8) is 0 Å². The van der Waals surface area contributed by atoms with Gasteiger partial charge in [0.05, 0.1) is 0 Å². The lowest BCUT2D eigenvalue weighted by molar-refractivity contribution is -0.147. The van der Waals surface area contributed by atoms with E-state index in [-0.39, 0.29) is 24.5 Å². The average molecular weight is 616 g/mol. The third-order valence-corrected chi connectivity index (χ3v) is 7.44. The maximum atomic E-state index is 12.6. The molecular formula is C38H65NO5. The van der Waals surface area contributed by atoms with Crippen LogP contribution in [0.1, 0.15) is 162 Å². The van der Waals surface area contributed by atoms with Gasteiger partial charge >= 0.3 is 11.9 Å². The standard InChI is InChI=1S/C38H65NO5/c1-3-5-7-9-11-13-14-15-16-17-19-25-29-33-38(43)44-35(30-26-22-18-12-10-8-6-4-2)31-27-23-20-21-24-28-32-36(40)39-34-37(41)42/h7,9,12-14,18,26,30,35H,3-6,8,10-11,15-17,19-25,27-29,31-34H2,1-2H3,(H,39,40)(H,41,42)/b9-7-,14-13-,18-12-,30-26-. The first-order valence-corrected chi connectivity index (χ1v) is 17.8. The van der Waals surface area contributed by atoms with E-state index < -0.39 is 5.97 Å². The Kier molecular flexibility index (Phi) is 31.3. The molecule has 0 aliphatic carbocycles. The minimum absolute atomic E-state index is 0.0880. The monoisotopic (exact) mass is 615 g/mol. The topological polar surface area (TPSA) is 92.7 Å². The van der Waals surface area contributed by atoms with Crippen molar-refractivity contribution in [3.05, 3.63) is 48.6 Å². The zero-order valence-electron chi connectivity index (χ0n) is 28.2. The molecular weight excluding hydrogens is 550 g/mol. The van der Waals surface area contributed by atoms with Crippen molar-refractivity contribution in [2.45, 2.75) is 168 Å². The molecule has 1 amide bonds. The summed E-state index contributed by atoms with van der Waals surface area (Å²) < 4.78 is 5.88. The first-order chi connectivity index (χ1) is 21.5. The summed E-state index contributed by atoms with van der Waals surface area (Å²) in [6.45, 7) is 4.10. The van der Waals surface area contributed by atoms with Gasteiger partial charge in [-0.15, -0.1) is 0 Å². The van der Waals surface area contributed by atoms with Crippen molar-refractivity contribution >= 4 is 17.8 Å². The zero-order valence-corrected chi connectivity index (χ0v) is 28.2. The van der Waals surface area contributed by atoms with E-state index in [4.69, 9.17) is 9.84 Å². The van der Waals surface area contributed by atoms with Crippen LogP contribution in [0.15, 0.2) is 48.6 Å². The van der Waals surface area contributed by atoms with E-state index in [0.29, 0.717) is 12.8 Å². The Balaban J connectivity index is 4.24. The number of hydrogen-bond donors (Lipinski definition) is 2. The highest BCUT2D eigenvalue weighted by atomic mass is 16.5. The van der Waals surface area contributed by atoms with E-state index in [9.17, 15) is 14.4 Å². The number of hydrogen-bond acceptors (Lipinski definition) is 4. The number of carbonyl (C=O) groups excluding carboxylic acids is 2. The Bertz CT molecular complexity index is 814. The van der Waals surface area contributed by atoms with Gasteiger partial charge in [0.15, 0.2) is 0 Å². The van der Waals surface area contributed by atoms with Gasteiger partial charge < -0.3 is 15.2 Å². The minimum atomic E-state index is -1.02. The maximum absolute atomic E-state index is 12.6. The summed E-state index contributed by atoms with van der Waals surface area (Å²) in [5, 5.41) is 11.0. The fourth-order valence-corrected chi connectivity index (χ4v) is 4.79. The highest BCUT2D eigenvalue weighted by molar-refractivity contribution is 5.80. The van der Waals surface area contributed by atoms with E-state index in [1.165, 1.54) is 51.4 Å². The van der Waals surface area contributed by atoms with Crippen molar-refractivity contribution in [2.75, 3.05) is 6.54 Å². The van der Waals surface area contributed by atoms with Crippen LogP contribution in [0.3, 0.4) is 0 Å². The Morgan fingerprint density at radius 1 is 0.614 bits per heavy atom. The second-order valence-corrected chi connectivity index (χ2v) is 11.8. The maximum Gasteiger partial charge on any atom is 0.322 e. The molecule has 0 aliphatic heterocycles. The van der Waals surface area contributed by atoms with Crippen molar-refractivity contribution in [2.24, 2.45) is 0 Å². The first-order valence-electron chi connectivity index (χ1n) is 17.8. The Morgan fingerprint density at radius 3 is 1.80 bits per heavy atom. The average Bonchev–Trinajstić information content (AvgIpc) is 3.00. The number of carbonyl (C=O) groups is 3. The number of rotatable bonds is 31. The molecule has 1 unspecified atom stereocenters. The van der Waals surface area contributed by atoms with Crippen LogP contribution in [0.5, 0.6) is 0 Å². The summed E-state index contributed by atoms with van der Waals surface area (Å²) in [7, 11) is 0.